The predicted octanol–water partition coefficient (Wildman–Crippen LogP) is 5.14. The van der Waals surface area contributed by atoms with Gasteiger partial charge in [-0.3, -0.25) is 0 Å². The lowest BCUT2D eigenvalue weighted by Gasteiger charge is -2.37. The van der Waals surface area contributed by atoms with Crippen LogP contribution in [0.3, 0.4) is 0 Å². The highest BCUT2D eigenvalue weighted by Crippen LogP contribution is 2.36. The van der Waals surface area contributed by atoms with Crippen molar-refractivity contribution in [3.8, 4) is 0 Å². The van der Waals surface area contributed by atoms with Crippen LogP contribution in [0.1, 0.15) is 65.5 Å². The third-order valence-corrected chi connectivity index (χ3v) is 5.66. The smallest absolute Gasteiger partial charge is 0.407 e. The summed E-state index contributed by atoms with van der Waals surface area (Å²) >= 11 is 0. The van der Waals surface area contributed by atoms with Gasteiger partial charge in [0.25, 0.3) is 0 Å². The van der Waals surface area contributed by atoms with E-state index >= 15 is 0 Å². The van der Waals surface area contributed by atoms with Crippen molar-refractivity contribution >= 4 is 12.4 Å². The van der Waals surface area contributed by atoms with E-state index in [9.17, 15) is 9.59 Å². The Bertz CT molecular complexity index is 597. The summed E-state index contributed by atoms with van der Waals surface area (Å²) in [6, 6.07) is 9.17. The molecule has 2 rings (SSSR count). The van der Waals surface area contributed by atoms with Crippen LogP contribution in [0.4, 0.5) is 4.79 Å². The van der Waals surface area contributed by atoms with E-state index in [2.05, 4.69) is 26.1 Å². The normalized spacial score (nSPS) is 24.8. The van der Waals surface area contributed by atoms with Crippen molar-refractivity contribution in [2.45, 2.75) is 66.0 Å². The van der Waals surface area contributed by atoms with Gasteiger partial charge >= 0.3 is 6.09 Å². The minimum Gasteiger partial charge on any atom is -0.446 e. The van der Waals surface area contributed by atoms with Crippen LogP contribution in [-0.2, 0) is 9.53 Å². The highest BCUT2D eigenvalue weighted by atomic mass is 16.6. The molecule has 1 aliphatic carbocycles. The molecule has 0 radical (unpaired) electrons. The maximum atomic E-state index is 12.7. The zero-order valence-electron chi connectivity index (χ0n) is 16.7. The molecule has 1 aliphatic rings. The van der Waals surface area contributed by atoms with Gasteiger partial charge in [-0.05, 0) is 36.2 Å². The number of hydrogen-bond donors (Lipinski definition) is 1. The third-order valence-electron chi connectivity index (χ3n) is 5.66. The first kappa shape index (κ1) is 20.5. The summed E-state index contributed by atoms with van der Waals surface area (Å²) in [4.78, 5) is 24.3. The molecule has 144 valence electrons. The zero-order chi connectivity index (χ0) is 19.3. The minimum absolute atomic E-state index is 0.0606. The number of nitrogens with one attached hydrogen (secondary N) is 1. The second kappa shape index (κ2) is 8.70. The maximum Gasteiger partial charge on any atom is 0.407 e. The van der Waals surface area contributed by atoms with Crippen LogP contribution in [0.15, 0.2) is 30.3 Å². The van der Waals surface area contributed by atoms with Crippen molar-refractivity contribution in [1.29, 1.82) is 0 Å². The summed E-state index contributed by atoms with van der Waals surface area (Å²) < 4.78 is 5.86. The quantitative estimate of drug-likeness (QED) is 0.716. The Morgan fingerprint density at radius 3 is 2.46 bits per heavy atom. The Balaban J connectivity index is 2.12. The van der Waals surface area contributed by atoms with Crippen molar-refractivity contribution in [3.05, 3.63) is 35.9 Å². The number of hydrogen-bond acceptors (Lipinski definition) is 3. The number of benzene rings is 1. The summed E-state index contributed by atoms with van der Waals surface area (Å²) in [5, 5.41) is 2.95. The molecule has 0 bridgehead atoms. The van der Waals surface area contributed by atoms with E-state index in [1.54, 1.807) is 0 Å². The Morgan fingerprint density at radius 2 is 1.88 bits per heavy atom. The van der Waals surface area contributed by atoms with Crippen LogP contribution in [-0.4, -0.2) is 18.5 Å². The molecule has 1 amide bonds. The monoisotopic (exact) mass is 359 g/mol. The SMILES string of the molecule is CC(C)[C@@H]1CC[C@@H](C)C[C@H]1OC(=O)NC(c1ccccc1)C(C)(C)C=O. The van der Waals surface area contributed by atoms with Crippen molar-refractivity contribution < 1.29 is 14.3 Å². The molecule has 1 unspecified atom stereocenters. The lowest BCUT2D eigenvalue weighted by molar-refractivity contribution is -0.116. The lowest BCUT2D eigenvalue weighted by atomic mass is 9.75. The molecule has 1 N–H and O–H groups in total. The summed E-state index contributed by atoms with van der Waals surface area (Å²) in [5.41, 5.74) is 0.177. The van der Waals surface area contributed by atoms with Crippen LogP contribution in [0.5, 0.6) is 0 Å². The number of rotatable bonds is 6. The standard InChI is InChI=1S/C22H33NO3/c1-15(2)18-12-11-16(3)13-19(18)26-21(25)23-20(22(4,5)14-24)17-9-7-6-8-10-17/h6-10,14-16,18-20H,11-13H2,1-5H3,(H,23,25)/t16-,18+,19-,20?/m1/s1. The molecule has 1 aromatic carbocycles. The van der Waals surface area contributed by atoms with E-state index in [1.807, 2.05) is 44.2 Å². The molecule has 1 fully saturated rings. The Morgan fingerprint density at radius 1 is 1.23 bits per heavy atom. The highest BCUT2D eigenvalue weighted by Gasteiger charge is 2.36. The van der Waals surface area contributed by atoms with Gasteiger partial charge in [-0.15, -0.1) is 0 Å². The Kier molecular flexibility index (Phi) is 6.85. The summed E-state index contributed by atoms with van der Waals surface area (Å²) in [5.74, 6) is 1.45. The number of carbonyl (C=O) groups excluding carboxylic acids is 2. The fraction of sp³-hybridized carbons (Fsp3) is 0.636. The summed E-state index contributed by atoms with van der Waals surface area (Å²) in [6.45, 7) is 10.3. The number of amides is 1. The third kappa shape index (κ3) is 5.09. The second-order valence-electron chi connectivity index (χ2n) is 8.70. The van der Waals surface area contributed by atoms with E-state index in [4.69, 9.17) is 4.74 Å². The van der Waals surface area contributed by atoms with Crippen LogP contribution in [0.2, 0.25) is 0 Å². The molecule has 1 aromatic rings. The highest BCUT2D eigenvalue weighted by molar-refractivity contribution is 5.70. The van der Waals surface area contributed by atoms with Crippen molar-refractivity contribution in [2.24, 2.45) is 23.2 Å². The van der Waals surface area contributed by atoms with Gasteiger partial charge in [0.1, 0.15) is 12.4 Å². The van der Waals surface area contributed by atoms with Gasteiger partial charge in [0.15, 0.2) is 0 Å². The van der Waals surface area contributed by atoms with Crippen LogP contribution in [0, 0.1) is 23.2 Å². The summed E-state index contributed by atoms with van der Waals surface area (Å²) in [6.07, 6.45) is 3.59. The molecule has 26 heavy (non-hydrogen) atoms. The molecule has 4 nitrogen and oxygen atoms in total. The van der Waals surface area contributed by atoms with Gasteiger partial charge in [-0.25, -0.2) is 4.79 Å². The van der Waals surface area contributed by atoms with Gasteiger partial charge in [0, 0.05) is 5.41 Å². The van der Waals surface area contributed by atoms with E-state index in [0.717, 1.165) is 24.7 Å². The summed E-state index contributed by atoms with van der Waals surface area (Å²) in [7, 11) is 0. The van der Waals surface area contributed by atoms with E-state index in [1.165, 1.54) is 6.42 Å². The van der Waals surface area contributed by atoms with E-state index in [0.29, 0.717) is 17.8 Å². The number of carbonyl (C=O) groups is 2. The predicted molar refractivity (Wildman–Crippen MR) is 104 cm³/mol. The topological polar surface area (TPSA) is 55.4 Å². The van der Waals surface area contributed by atoms with Gasteiger partial charge in [-0.2, -0.15) is 0 Å². The fourth-order valence-electron chi connectivity index (χ4n) is 3.95. The van der Waals surface area contributed by atoms with Gasteiger partial charge in [0.2, 0.25) is 0 Å². The number of ether oxygens (including phenoxy) is 1. The fourth-order valence-corrected chi connectivity index (χ4v) is 3.95. The average Bonchev–Trinajstić information content (AvgIpc) is 2.60. The molecule has 4 heteroatoms. The Hall–Kier alpha value is -1.84. The first-order chi connectivity index (χ1) is 12.2. The van der Waals surface area contributed by atoms with Gasteiger partial charge < -0.3 is 14.8 Å². The van der Waals surface area contributed by atoms with Gasteiger partial charge in [-0.1, -0.05) is 71.4 Å². The molecule has 0 spiro atoms. The number of aldehydes is 1. The Labute approximate surface area is 157 Å². The van der Waals surface area contributed by atoms with Crippen LogP contribution >= 0.6 is 0 Å². The van der Waals surface area contributed by atoms with Crippen LogP contribution < -0.4 is 5.32 Å². The van der Waals surface area contributed by atoms with Crippen LogP contribution in [0.25, 0.3) is 0 Å². The molecule has 0 aliphatic heterocycles. The molecular formula is C22H33NO3. The molecular weight excluding hydrogens is 326 g/mol. The van der Waals surface area contributed by atoms with Crippen molar-refractivity contribution in [2.75, 3.05) is 0 Å². The van der Waals surface area contributed by atoms with Crippen molar-refractivity contribution in [1.82, 2.24) is 5.32 Å². The molecule has 0 aromatic heterocycles. The largest absolute Gasteiger partial charge is 0.446 e. The minimum atomic E-state index is -0.725. The van der Waals surface area contributed by atoms with E-state index < -0.39 is 17.6 Å². The van der Waals surface area contributed by atoms with Gasteiger partial charge in [0.05, 0.1) is 6.04 Å². The second-order valence-corrected chi connectivity index (χ2v) is 8.70. The average molecular weight is 360 g/mol. The van der Waals surface area contributed by atoms with Crippen molar-refractivity contribution in [3.63, 3.8) is 0 Å². The number of alkyl carbamates (subject to hydrolysis) is 1. The zero-order valence-corrected chi connectivity index (χ0v) is 16.7. The molecule has 0 heterocycles. The lowest BCUT2D eigenvalue weighted by Crippen LogP contribution is -2.43. The molecule has 1 saturated carbocycles. The maximum absolute atomic E-state index is 12.7. The molecule has 0 saturated heterocycles. The first-order valence-electron chi connectivity index (χ1n) is 9.73. The molecule has 4 atom stereocenters. The van der Waals surface area contributed by atoms with E-state index in [-0.39, 0.29) is 6.10 Å². The first-order valence-corrected chi connectivity index (χ1v) is 9.73.